The highest BCUT2D eigenvalue weighted by Crippen LogP contribution is 2.35. The van der Waals surface area contributed by atoms with Gasteiger partial charge < -0.3 is 9.47 Å². The van der Waals surface area contributed by atoms with Gasteiger partial charge in [0.2, 0.25) is 0 Å². The normalized spacial score (nSPS) is 11.0. The topological polar surface area (TPSA) is 42.2 Å². The van der Waals surface area contributed by atoms with Crippen molar-refractivity contribution in [1.29, 1.82) is 5.26 Å². The van der Waals surface area contributed by atoms with E-state index < -0.39 is 0 Å². The van der Waals surface area contributed by atoms with Gasteiger partial charge in [0, 0.05) is 3.57 Å². The Morgan fingerprint density at radius 2 is 1.75 bits per heavy atom. The van der Waals surface area contributed by atoms with Gasteiger partial charge in [-0.2, -0.15) is 5.26 Å². The van der Waals surface area contributed by atoms with Gasteiger partial charge in [0.15, 0.2) is 11.5 Å². The average molecular weight is 545 g/mol. The molecule has 124 valence electrons. The van der Waals surface area contributed by atoms with E-state index in [1.807, 2.05) is 56.3 Å². The Morgan fingerprint density at radius 1 is 1.08 bits per heavy atom. The Labute approximate surface area is 169 Å². The molecule has 0 unspecified atom stereocenters. The van der Waals surface area contributed by atoms with E-state index in [2.05, 4.69) is 51.3 Å². The second-order valence-corrected chi connectivity index (χ2v) is 7.28. The minimum Gasteiger partial charge on any atom is -0.490 e. The molecule has 0 aliphatic carbocycles. The largest absolute Gasteiger partial charge is 0.490 e. The highest BCUT2D eigenvalue weighted by molar-refractivity contribution is 14.1. The number of nitriles is 1. The quantitative estimate of drug-likeness (QED) is 0.264. The Hall–Kier alpha value is -1.27. The van der Waals surface area contributed by atoms with Gasteiger partial charge in [-0.25, -0.2) is 0 Å². The lowest BCUT2D eigenvalue weighted by Gasteiger charge is -2.13. The fourth-order valence-corrected chi connectivity index (χ4v) is 3.34. The summed E-state index contributed by atoms with van der Waals surface area (Å²) in [7, 11) is 0. The van der Waals surface area contributed by atoms with E-state index in [0.717, 1.165) is 24.0 Å². The van der Waals surface area contributed by atoms with Crippen molar-refractivity contribution in [3.05, 3.63) is 54.7 Å². The first-order chi connectivity index (χ1) is 11.6. The number of halogens is 2. The van der Waals surface area contributed by atoms with E-state index in [-0.39, 0.29) is 0 Å². The molecule has 2 rings (SSSR count). The molecule has 5 heteroatoms. The Balaban J connectivity index is 2.46. The molecule has 2 aromatic carbocycles. The summed E-state index contributed by atoms with van der Waals surface area (Å²) in [4.78, 5) is 0. The minimum atomic E-state index is 0.561. The van der Waals surface area contributed by atoms with Crippen molar-refractivity contribution < 1.29 is 9.47 Å². The molecule has 0 aromatic heterocycles. The van der Waals surface area contributed by atoms with Crippen molar-refractivity contribution in [2.24, 2.45) is 0 Å². The molecule has 0 aliphatic heterocycles. The van der Waals surface area contributed by atoms with Crippen molar-refractivity contribution in [2.45, 2.75) is 13.8 Å². The molecule has 0 bridgehead atoms. The monoisotopic (exact) mass is 545 g/mol. The predicted molar refractivity (Wildman–Crippen MR) is 114 cm³/mol. The Bertz CT molecular complexity index is 777. The third kappa shape index (κ3) is 4.86. The van der Waals surface area contributed by atoms with Gasteiger partial charge in [0.25, 0.3) is 0 Å². The lowest BCUT2D eigenvalue weighted by atomic mass is 10.0. The molecule has 3 nitrogen and oxygen atoms in total. The zero-order valence-corrected chi connectivity index (χ0v) is 17.8. The van der Waals surface area contributed by atoms with Gasteiger partial charge in [-0.3, -0.25) is 0 Å². The predicted octanol–water partition coefficient (Wildman–Crippen LogP) is 5.76. The first-order valence-corrected chi connectivity index (χ1v) is 9.71. The summed E-state index contributed by atoms with van der Waals surface area (Å²) in [5.41, 5.74) is 2.44. The average Bonchev–Trinajstić information content (AvgIpc) is 2.57. The maximum absolute atomic E-state index is 9.51. The summed E-state index contributed by atoms with van der Waals surface area (Å²) in [5, 5.41) is 9.51. The number of allylic oxidation sites excluding steroid dienone is 1. The minimum absolute atomic E-state index is 0.561. The number of rotatable bonds is 6. The van der Waals surface area contributed by atoms with Crippen molar-refractivity contribution >= 4 is 56.8 Å². The molecule has 24 heavy (non-hydrogen) atoms. The molecule has 0 amide bonds. The lowest BCUT2D eigenvalue weighted by molar-refractivity contribution is 0.286. The summed E-state index contributed by atoms with van der Waals surface area (Å²) < 4.78 is 13.5. The standard InChI is InChI=1S/C19H17I2NO2/c1-3-23-18-11-13(10-17(21)19(18)24-4-2)9-15(12-22)14-5-7-16(20)8-6-14/h5-11H,3-4H2,1-2H3/b15-9-. The third-order valence-corrected chi connectivity index (χ3v) is 4.73. The van der Waals surface area contributed by atoms with Crippen LogP contribution in [0.4, 0.5) is 0 Å². The number of hydrogen-bond acceptors (Lipinski definition) is 3. The first-order valence-electron chi connectivity index (χ1n) is 7.55. The number of ether oxygens (including phenoxy) is 2. The smallest absolute Gasteiger partial charge is 0.174 e. The van der Waals surface area contributed by atoms with E-state index in [0.29, 0.717) is 24.5 Å². The summed E-state index contributed by atoms with van der Waals surface area (Å²) in [6.07, 6.45) is 1.88. The summed E-state index contributed by atoms with van der Waals surface area (Å²) >= 11 is 4.49. The molecule has 0 radical (unpaired) electrons. The second kappa shape index (κ2) is 9.28. The van der Waals surface area contributed by atoms with Crippen LogP contribution in [-0.2, 0) is 0 Å². The number of benzene rings is 2. The van der Waals surface area contributed by atoms with E-state index >= 15 is 0 Å². The molecule has 0 fully saturated rings. The van der Waals surface area contributed by atoms with Gasteiger partial charge in [0.1, 0.15) is 0 Å². The maximum Gasteiger partial charge on any atom is 0.174 e. The molecular weight excluding hydrogens is 528 g/mol. The van der Waals surface area contributed by atoms with Crippen LogP contribution in [0.1, 0.15) is 25.0 Å². The molecule has 0 spiro atoms. The zero-order chi connectivity index (χ0) is 17.5. The van der Waals surface area contributed by atoms with Gasteiger partial charge in [-0.1, -0.05) is 12.1 Å². The molecule has 0 saturated carbocycles. The highest BCUT2D eigenvalue weighted by atomic mass is 127. The highest BCUT2D eigenvalue weighted by Gasteiger charge is 2.12. The van der Waals surface area contributed by atoms with Crippen LogP contribution in [0.5, 0.6) is 11.5 Å². The Morgan fingerprint density at radius 3 is 2.33 bits per heavy atom. The van der Waals surface area contributed by atoms with Crippen molar-refractivity contribution in [3.8, 4) is 17.6 Å². The van der Waals surface area contributed by atoms with E-state index in [4.69, 9.17) is 9.47 Å². The molecule has 0 N–H and O–H groups in total. The molecule has 0 atom stereocenters. The van der Waals surface area contributed by atoms with Crippen LogP contribution in [0.2, 0.25) is 0 Å². The van der Waals surface area contributed by atoms with Crippen LogP contribution >= 0.6 is 45.2 Å². The second-order valence-electron chi connectivity index (χ2n) is 4.87. The van der Waals surface area contributed by atoms with Gasteiger partial charge >= 0.3 is 0 Å². The van der Waals surface area contributed by atoms with Crippen LogP contribution < -0.4 is 9.47 Å². The summed E-state index contributed by atoms with van der Waals surface area (Å²) in [5.74, 6) is 1.46. The van der Waals surface area contributed by atoms with Crippen LogP contribution in [0.3, 0.4) is 0 Å². The van der Waals surface area contributed by atoms with E-state index in [1.165, 1.54) is 0 Å². The van der Waals surface area contributed by atoms with Crippen LogP contribution in [0, 0.1) is 18.5 Å². The molecule has 0 aliphatic rings. The van der Waals surface area contributed by atoms with Gasteiger partial charge in [-0.15, -0.1) is 0 Å². The van der Waals surface area contributed by atoms with Crippen molar-refractivity contribution in [2.75, 3.05) is 13.2 Å². The van der Waals surface area contributed by atoms with Crippen molar-refractivity contribution in [1.82, 2.24) is 0 Å². The van der Waals surface area contributed by atoms with Crippen LogP contribution in [-0.4, -0.2) is 13.2 Å². The van der Waals surface area contributed by atoms with E-state index in [9.17, 15) is 5.26 Å². The fourth-order valence-electron chi connectivity index (χ4n) is 2.19. The summed E-state index contributed by atoms with van der Waals surface area (Å²) in [6, 6.07) is 14.1. The maximum atomic E-state index is 9.51. The SMILES string of the molecule is CCOc1cc(/C=C(/C#N)c2ccc(I)cc2)cc(I)c1OCC. The molecule has 0 saturated heterocycles. The van der Waals surface area contributed by atoms with Gasteiger partial charge in [0.05, 0.1) is 28.4 Å². The van der Waals surface area contributed by atoms with Crippen LogP contribution in [0.15, 0.2) is 36.4 Å². The summed E-state index contributed by atoms with van der Waals surface area (Å²) in [6.45, 7) is 5.03. The lowest BCUT2D eigenvalue weighted by Crippen LogP contribution is -2.00. The first kappa shape index (κ1) is 19.1. The molecule has 0 heterocycles. The zero-order valence-electron chi connectivity index (χ0n) is 13.5. The van der Waals surface area contributed by atoms with Crippen LogP contribution in [0.25, 0.3) is 11.6 Å². The molecule has 2 aromatic rings. The van der Waals surface area contributed by atoms with Crippen molar-refractivity contribution in [3.63, 3.8) is 0 Å². The number of nitrogens with zero attached hydrogens (tertiary/aromatic N) is 1. The fraction of sp³-hybridized carbons (Fsp3) is 0.211. The van der Waals surface area contributed by atoms with Gasteiger partial charge in [-0.05, 0) is 100 Å². The number of hydrogen-bond donors (Lipinski definition) is 0. The molecular formula is C19H17I2NO2. The van der Waals surface area contributed by atoms with E-state index in [1.54, 1.807) is 0 Å². The third-order valence-electron chi connectivity index (χ3n) is 3.21. The Kier molecular flexibility index (Phi) is 7.37.